The number of carbonyl (C=O) groups is 1. The van der Waals surface area contributed by atoms with E-state index in [1.54, 1.807) is 25.7 Å². The molecule has 2 N–H and O–H groups in total. The Hall–Kier alpha value is -1.40. The van der Waals surface area contributed by atoms with Crippen LogP contribution in [0.25, 0.3) is 0 Å². The summed E-state index contributed by atoms with van der Waals surface area (Å²) in [6.45, 7) is 5.29. The molecule has 116 valence electrons. The van der Waals surface area contributed by atoms with Crippen molar-refractivity contribution in [1.82, 2.24) is 4.90 Å². The highest BCUT2D eigenvalue weighted by molar-refractivity contribution is 7.92. The zero-order valence-electron chi connectivity index (χ0n) is 12.6. The lowest BCUT2D eigenvalue weighted by Crippen LogP contribution is -2.60. The summed E-state index contributed by atoms with van der Waals surface area (Å²) in [5.74, 6) is -0.238. The molecule has 6 heteroatoms. The second kappa shape index (κ2) is 5.42. The van der Waals surface area contributed by atoms with E-state index in [0.29, 0.717) is 0 Å². The van der Waals surface area contributed by atoms with Crippen molar-refractivity contribution in [2.75, 3.05) is 12.3 Å². The van der Waals surface area contributed by atoms with Gasteiger partial charge in [0.1, 0.15) is 5.54 Å². The summed E-state index contributed by atoms with van der Waals surface area (Å²) in [5, 5.41) is -0.568. The first-order chi connectivity index (χ1) is 9.68. The topological polar surface area (TPSA) is 80.5 Å². The van der Waals surface area contributed by atoms with E-state index in [-0.39, 0.29) is 24.2 Å². The number of amides is 1. The van der Waals surface area contributed by atoms with Gasteiger partial charge in [0, 0.05) is 12.6 Å². The molecule has 1 aliphatic heterocycles. The summed E-state index contributed by atoms with van der Waals surface area (Å²) in [4.78, 5) is 14.4. The van der Waals surface area contributed by atoms with E-state index >= 15 is 0 Å². The molecular formula is C15H22N2O3S. The van der Waals surface area contributed by atoms with Crippen molar-refractivity contribution in [2.24, 2.45) is 5.73 Å². The highest BCUT2D eigenvalue weighted by Crippen LogP contribution is 2.26. The number of sulfone groups is 1. The molecule has 5 nitrogen and oxygen atoms in total. The van der Waals surface area contributed by atoms with Crippen LogP contribution in [0.15, 0.2) is 30.3 Å². The third-order valence-electron chi connectivity index (χ3n) is 4.43. The van der Waals surface area contributed by atoms with E-state index in [1.165, 1.54) is 0 Å². The molecule has 2 rings (SSSR count). The highest BCUT2D eigenvalue weighted by atomic mass is 32.2. The van der Waals surface area contributed by atoms with Gasteiger partial charge in [0.2, 0.25) is 5.91 Å². The summed E-state index contributed by atoms with van der Waals surface area (Å²) in [5.41, 5.74) is 5.82. The first-order valence-corrected chi connectivity index (χ1v) is 8.76. The number of hydrogen-bond donors (Lipinski definition) is 1. The molecule has 1 fully saturated rings. The van der Waals surface area contributed by atoms with Gasteiger partial charge in [-0.2, -0.15) is 0 Å². The van der Waals surface area contributed by atoms with E-state index in [9.17, 15) is 13.2 Å². The average molecular weight is 310 g/mol. The Morgan fingerprint density at radius 3 is 2.43 bits per heavy atom. The molecule has 1 aromatic carbocycles. The molecule has 0 aromatic heterocycles. The summed E-state index contributed by atoms with van der Waals surface area (Å²) in [6, 6.07) is 8.78. The Morgan fingerprint density at radius 1 is 1.29 bits per heavy atom. The normalized spacial score (nSPS) is 27.9. The second-order valence-corrected chi connectivity index (χ2v) is 8.36. The quantitative estimate of drug-likeness (QED) is 0.880. The lowest BCUT2D eigenvalue weighted by atomic mass is 9.91. The summed E-state index contributed by atoms with van der Waals surface area (Å²) >= 11 is 0. The molecule has 0 aliphatic carbocycles. The first kappa shape index (κ1) is 16.0. The van der Waals surface area contributed by atoms with Gasteiger partial charge in [-0.05, 0) is 26.3 Å². The van der Waals surface area contributed by atoms with Crippen LogP contribution in [-0.4, -0.2) is 42.8 Å². The minimum absolute atomic E-state index is 0.00484. The van der Waals surface area contributed by atoms with Crippen LogP contribution < -0.4 is 5.73 Å². The number of nitrogens with two attached hydrogens (primary N) is 1. The fourth-order valence-corrected chi connectivity index (χ4v) is 4.23. The van der Waals surface area contributed by atoms with E-state index in [2.05, 4.69) is 0 Å². The third-order valence-corrected chi connectivity index (χ3v) is 6.71. The average Bonchev–Trinajstić information content (AvgIpc) is 2.45. The van der Waals surface area contributed by atoms with Crippen molar-refractivity contribution in [1.29, 1.82) is 0 Å². The van der Waals surface area contributed by atoms with Crippen molar-refractivity contribution in [3.8, 4) is 0 Å². The minimum Gasteiger partial charge on any atom is -0.336 e. The zero-order valence-corrected chi connectivity index (χ0v) is 13.4. The van der Waals surface area contributed by atoms with Crippen LogP contribution in [-0.2, 0) is 20.2 Å². The van der Waals surface area contributed by atoms with Gasteiger partial charge in [-0.15, -0.1) is 0 Å². The van der Waals surface area contributed by atoms with Gasteiger partial charge in [0.05, 0.1) is 11.0 Å². The van der Waals surface area contributed by atoms with Gasteiger partial charge in [0.25, 0.3) is 0 Å². The summed E-state index contributed by atoms with van der Waals surface area (Å²) < 4.78 is 23.8. The number of carbonyl (C=O) groups excluding carboxylic acids is 1. The summed E-state index contributed by atoms with van der Waals surface area (Å²) in [7, 11) is -3.12. The van der Waals surface area contributed by atoms with Gasteiger partial charge < -0.3 is 10.6 Å². The molecular weight excluding hydrogens is 288 g/mol. The van der Waals surface area contributed by atoms with E-state index < -0.39 is 20.6 Å². The van der Waals surface area contributed by atoms with Crippen molar-refractivity contribution < 1.29 is 13.2 Å². The van der Waals surface area contributed by atoms with Gasteiger partial charge in [-0.3, -0.25) is 4.79 Å². The van der Waals surface area contributed by atoms with Crippen molar-refractivity contribution in [2.45, 2.75) is 37.6 Å². The van der Waals surface area contributed by atoms with Gasteiger partial charge in [-0.25, -0.2) is 8.42 Å². The molecule has 3 unspecified atom stereocenters. The molecule has 0 saturated carbocycles. The Balaban J connectivity index is 2.28. The Labute approximate surface area is 126 Å². The molecule has 1 aliphatic rings. The lowest BCUT2D eigenvalue weighted by molar-refractivity contribution is -0.138. The van der Waals surface area contributed by atoms with Crippen LogP contribution in [0, 0.1) is 0 Å². The smallest absolute Gasteiger partial charge is 0.247 e. The first-order valence-electron chi connectivity index (χ1n) is 7.05. The number of benzene rings is 1. The van der Waals surface area contributed by atoms with Crippen LogP contribution >= 0.6 is 0 Å². The fraction of sp³-hybridized carbons (Fsp3) is 0.533. The minimum atomic E-state index is -3.12. The van der Waals surface area contributed by atoms with Crippen LogP contribution in [0.4, 0.5) is 0 Å². The summed E-state index contributed by atoms with van der Waals surface area (Å²) in [6.07, 6.45) is 0. The fourth-order valence-electron chi connectivity index (χ4n) is 2.66. The van der Waals surface area contributed by atoms with Crippen molar-refractivity contribution in [3.63, 3.8) is 0 Å². The standard InChI is InChI=1S/C15H22N2O3S/c1-11-12(2)21(19,20)10-9-17(11)14(18)15(3,16)13-7-5-4-6-8-13/h4-8,11-12H,9-10,16H2,1-3H3. The van der Waals surface area contributed by atoms with Crippen LogP contribution in [0.5, 0.6) is 0 Å². The van der Waals surface area contributed by atoms with E-state index in [1.807, 2.05) is 30.3 Å². The number of rotatable bonds is 2. The number of nitrogens with zero attached hydrogens (tertiary/aromatic N) is 1. The molecule has 0 radical (unpaired) electrons. The SMILES string of the molecule is CC1C(C)S(=O)(=O)CCN1C(=O)C(C)(N)c1ccccc1. The van der Waals surface area contributed by atoms with Gasteiger partial charge in [0.15, 0.2) is 9.84 Å². The van der Waals surface area contributed by atoms with E-state index in [4.69, 9.17) is 5.73 Å². The Kier molecular flexibility index (Phi) is 4.13. The molecule has 0 bridgehead atoms. The maximum atomic E-state index is 12.8. The zero-order chi connectivity index (χ0) is 15.8. The van der Waals surface area contributed by atoms with Gasteiger partial charge in [-0.1, -0.05) is 30.3 Å². The third kappa shape index (κ3) is 2.82. The Bertz CT molecular complexity index is 626. The molecule has 1 saturated heterocycles. The van der Waals surface area contributed by atoms with Crippen LogP contribution in [0.1, 0.15) is 26.3 Å². The lowest BCUT2D eigenvalue weighted by Gasteiger charge is -2.41. The van der Waals surface area contributed by atoms with E-state index in [0.717, 1.165) is 5.56 Å². The molecule has 1 aromatic rings. The van der Waals surface area contributed by atoms with Crippen LogP contribution in [0.3, 0.4) is 0 Å². The highest BCUT2D eigenvalue weighted by Gasteiger charge is 2.43. The van der Waals surface area contributed by atoms with Crippen LogP contribution in [0.2, 0.25) is 0 Å². The molecule has 3 atom stereocenters. The second-order valence-electron chi connectivity index (χ2n) is 5.88. The molecule has 1 amide bonds. The number of hydrogen-bond acceptors (Lipinski definition) is 4. The largest absolute Gasteiger partial charge is 0.336 e. The molecule has 1 heterocycles. The molecule has 0 spiro atoms. The maximum Gasteiger partial charge on any atom is 0.247 e. The van der Waals surface area contributed by atoms with Crippen molar-refractivity contribution >= 4 is 15.7 Å². The van der Waals surface area contributed by atoms with Gasteiger partial charge >= 0.3 is 0 Å². The monoisotopic (exact) mass is 310 g/mol. The van der Waals surface area contributed by atoms with Crippen molar-refractivity contribution in [3.05, 3.63) is 35.9 Å². The maximum absolute atomic E-state index is 12.8. The predicted octanol–water partition coefficient (Wildman–Crippen LogP) is 0.895. The molecule has 21 heavy (non-hydrogen) atoms. The predicted molar refractivity (Wildman–Crippen MR) is 82.4 cm³/mol. The Morgan fingerprint density at radius 2 is 1.86 bits per heavy atom.